The zero-order chi connectivity index (χ0) is 17.0. The van der Waals surface area contributed by atoms with Crippen molar-refractivity contribution in [2.75, 3.05) is 14.2 Å². The fraction of sp³-hybridized carbons (Fsp3) is 0.214. The number of carbonyl (C=O) groups is 2. The van der Waals surface area contributed by atoms with Crippen LogP contribution in [0.4, 0.5) is 0 Å². The maximum absolute atomic E-state index is 11.6. The second kappa shape index (κ2) is 6.69. The predicted octanol–water partition coefficient (Wildman–Crippen LogP) is 0.417. The minimum absolute atomic E-state index is 0.0806. The molecule has 0 bridgehead atoms. The van der Waals surface area contributed by atoms with Crippen molar-refractivity contribution in [1.29, 1.82) is 0 Å². The lowest BCUT2D eigenvalue weighted by Crippen LogP contribution is -2.50. The monoisotopic (exact) mass is 319 g/mol. The smallest absolute Gasteiger partial charge is 0.368 e. The average Bonchev–Trinajstić information content (AvgIpc) is 2.51. The van der Waals surface area contributed by atoms with Crippen LogP contribution in [-0.2, 0) is 9.59 Å². The van der Waals surface area contributed by atoms with E-state index in [2.05, 4.69) is 10.3 Å². The number of nitrogens with one attached hydrogen (secondary N) is 1. The number of rotatable bonds is 5. The minimum Gasteiger partial charge on any atom is -0.493 e. The van der Waals surface area contributed by atoms with Gasteiger partial charge in [-0.05, 0) is 18.2 Å². The van der Waals surface area contributed by atoms with Gasteiger partial charge in [-0.3, -0.25) is 19.7 Å². The molecule has 9 heteroatoms. The summed E-state index contributed by atoms with van der Waals surface area (Å²) >= 11 is 0. The normalized spacial score (nSPS) is 17.7. The first-order chi connectivity index (χ1) is 11.0. The molecule has 0 fully saturated rings. The molecule has 1 aliphatic rings. The highest BCUT2D eigenvalue weighted by Crippen LogP contribution is 2.31. The number of hydrogen-bond donors (Lipinski definition) is 1. The Morgan fingerprint density at radius 2 is 2.00 bits per heavy atom. The Hall–Kier alpha value is -3.23. The van der Waals surface area contributed by atoms with E-state index in [1.165, 1.54) is 20.3 Å². The summed E-state index contributed by atoms with van der Waals surface area (Å²) in [7, 11) is 2.97. The van der Waals surface area contributed by atoms with Crippen LogP contribution in [0.3, 0.4) is 0 Å². The van der Waals surface area contributed by atoms with Gasteiger partial charge in [-0.25, -0.2) is 0 Å². The van der Waals surface area contributed by atoms with E-state index in [4.69, 9.17) is 9.47 Å². The van der Waals surface area contributed by atoms with Gasteiger partial charge in [0.2, 0.25) is 0 Å². The standard InChI is InChI=1S/C14H13N3O6/c1-22-9-5-3-4-8(12(9)23-2)6-7-10-15-13(18)11(17(20)21)14(19)16-10/h3-7,11H,1-2H3,(H,15,16,18,19)/b7-6+. The van der Waals surface area contributed by atoms with Gasteiger partial charge in [-0.15, -0.1) is 0 Å². The highest BCUT2D eigenvalue weighted by atomic mass is 16.6. The number of amidine groups is 1. The summed E-state index contributed by atoms with van der Waals surface area (Å²) in [6, 6.07) is 3.17. The van der Waals surface area contributed by atoms with Crippen molar-refractivity contribution in [2.45, 2.75) is 6.04 Å². The average molecular weight is 319 g/mol. The molecule has 1 atom stereocenters. The maximum atomic E-state index is 11.6. The molecule has 2 rings (SSSR count). The quantitative estimate of drug-likeness (QED) is 0.477. The van der Waals surface area contributed by atoms with Gasteiger partial charge in [0, 0.05) is 10.5 Å². The molecule has 1 aliphatic heterocycles. The zero-order valence-corrected chi connectivity index (χ0v) is 12.3. The van der Waals surface area contributed by atoms with Crippen molar-refractivity contribution in [3.63, 3.8) is 0 Å². The second-order valence-corrected chi connectivity index (χ2v) is 4.43. The fourth-order valence-electron chi connectivity index (χ4n) is 1.99. The molecule has 23 heavy (non-hydrogen) atoms. The van der Waals surface area contributed by atoms with Crippen LogP contribution in [0.1, 0.15) is 5.56 Å². The van der Waals surface area contributed by atoms with Crippen molar-refractivity contribution < 1.29 is 24.0 Å². The predicted molar refractivity (Wildman–Crippen MR) is 79.9 cm³/mol. The SMILES string of the molecule is COc1cccc(/C=C/C2=NC(=O)C([N+](=O)[O-])C(=O)N2)c1OC. The molecular formula is C14H13N3O6. The van der Waals surface area contributed by atoms with Crippen LogP contribution in [0.5, 0.6) is 11.5 Å². The van der Waals surface area contributed by atoms with E-state index in [0.717, 1.165) is 0 Å². The molecule has 0 saturated carbocycles. The molecule has 9 nitrogen and oxygen atoms in total. The van der Waals surface area contributed by atoms with E-state index in [9.17, 15) is 19.7 Å². The van der Waals surface area contributed by atoms with Gasteiger partial charge in [0.05, 0.1) is 14.2 Å². The van der Waals surface area contributed by atoms with E-state index >= 15 is 0 Å². The van der Waals surface area contributed by atoms with Gasteiger partial charge in [0.1, 0.15) is 5.84 Å². The number of nitrogens with zero attached hydrogens (tertiary/aromatic N) is 2. The molecule has 0 saturated heterocycles. The van der Waals surface area contributed by atoms with Gasteiger partial charge in [-0.1, -0.05) is 12.1 Å². The lowest BCUT2D eigenvalue weighted by molar-refractivity contribution is -0.493. The molecule has 120 valence electrons. The summed E-state index contributed by atoms with van der Waals surface area (Å²) in [5, 5.41) is 12.8. The van der Waals surface area contributed by atoms with Gasteiger partial charge < -0.3 is 14.8 Å². The summed E-state index contributed by atoms with van der Waals surface area (Å²) in [6.07, 6.45) is 2.89. The Bertz CT molecular complexity index is 725. The number of nitro groups is 1. The lowest BCUT2D eigenvalue weighted by atomic mass is 10.1. The Kier molecular flexibility index (Phi) is 4.69. The zero-order valence-electron chi connectivity index (χ0n) is 12.3. The van der Waals surface area contributed by atoms with E-state index in [0.29, 0.717) is 17.1 Å². The maximum Gasteiger partial charge on any atom is 0.368 e. The second-order valence-electron chi connectivity index (χ2n) is 4.43. The molecule has 1 aromatic rings. The van der Waals surface area contributed by atoms with Gasteiger partial charge in [0.25, 0.3) is 0 Å². The summed E-state index contributed by atoms with van der Waals surface area (Å²) in [5.41, 5.74) is 0.618. The summed E-state index contributed by atoms with van der Waals surface area (Å²) < 4.78 is 10.4. The van der Waals surface area contributed by atoms with E-state index in [1.807, 2.05) is 0 Å². The van der Waals surface area contributed by atoms with E-state index in [1.54, 1.807) is 24.3 Å². The Morgan fingerprint density at radius 3 is 2.57 bits per heavy atom. The Labute approximate surface area is 130 Å². The molecule has 1 N–H and O–H groups in total. The largest absolute Gasteiger partial charge is 0.493 e. The van der Waals surface area contributed by atoms with E-state index in [-0.39, 0.29) is 5.84 Å². The molecule has 0 aromatic heterocycles. The van der Waals surface area contributed by atoms with Gasteiger partial charge in [0.15, 0.2) is 11.5 Å². The molecular weight excluding hydrogens is 306 g/mol. The van der Waals surface area contributed by atoms with Crippen molar-refractivity contribution >= 4 is 23.7 Å². The van der Waals surface area contributed by atoms with Gasteiger partial charge in [-0.2, -0.15) is 4.99 Å². The van der Waals surface area contributed by atoms with Crippen LogP contribution in [0.2, 0.25) is 0 Å². The molecule has 1 aromatic carbocycles. The Morgan fingerprint density at radius 1 is 1.26 bits per heavy atom. The first-order valence-electron chi connectivity index (χ1n) is 6.44. The minimum atomic E-state index is -2.00. The van der Waals surface area contributed by atoms with Crippen molar-refractivity contribution in [3.8, 4) is 11.5 Å². The Balaban J connectivity index is 2.28. The molecule has 0 aliphatic carbocycles. The molecule has 1 heterocycles. The molecule has 2 amide bonds. The first-order valence-corrected chi connectivity index (χ1v) is 6.44. The van der Waals surface area contributed by atoms with Crippen LogP contribution in [0.15, 0.2) is 29.3 Å². The van der Waals surface area contributed by atoms with Crippen molar-refractivity contribution in [2.24, 2.45) is 4.99 Å². The van der Waals surface area contributed by atoms with Crippen LogP contribution in [-0.4, -0.2) is 42.8 Å². The third kappa shape index (κ3) is 3.34. The number of ether oxygens (including phenoxy) is 2. The lowest BCUT2D eigenvalue weighted by Gasteiger charge is -2.13. The van der Waals surface area contributed by atoms with E-state index < -0.39 is 22.8 Å². The summed E-state index contributed by atoms with van der Waals surface area (Å²) in [6.45, 7) is 0. The number of hydrogen-bond acceptors (Lipinski definition) is 6. The third-order valence-corrected chi connectivity index (χ3v) is 3.03. The summed E-state index contributed by atoms with van der Waals surface area (Å²) in [5.74, 6) is -1.25. The summed E-state index contributed by atoms with van der Waals surface area (Å²) in [4.78, 5) is 36.2. The van der Waals surface area contributed by atoms with Crippen LogP contribution in [0, 0.1) is 10.1 Å². The number of carbonyl (C=O) groups excluding carboxylic acids is 2. The first kappa shape index (κ1) is 16.1. The van der Waals surface area contributed by atoms with Crippen LogP contribution in [0.25, 0.3) is 6.08 Å². The number of methoxy groups -OCH3 is 2. The fourth-order valence-corrected chi connectivity index (χ4v) is 1.99. The van der Waals surface area contributed by atoms with Crippen molar-refractivity contribution in [1.82, 2.24) is 5.32 Å². The number of para-hydroxylation sites is 1. The molecule has 0 spiro atoms. The number of aliphatic imine (C=N–C) groups is 1. The van der Waals surface area contributed by atoms with Crippen LogP contribution >= 0.6 is 0 Å². The van der Waals surface area contributed by atoms with Gasteiger partial charge >= 0.3 is 17.9 Å². The highest BCUT2D eigenvalue weighted by Gasteiger charge is 2.41. The number of amides is 2. The molecule has 1 unspecified atom stereocenters. The third-order valence-electron chi connectivity index (χ3n) is 3.03. The molecule has 0 radical (unpaired) electrons. The van der Waals surface area contributed by atoms with Crippen LogP contribution < -0.4 is 14.8 Å². The van der Waals surface area contributed by atoms with Crippen molar-refractivity contribution in [3.05, 3.63) is 40.0 Å². The topological polar surface area (TPSA) is 120 Å². The number of benzene rings is 1. The highest BCUT2D eigenvalue weighted by molar-refractivity contribution is 6.21.